The minimum atomic E-state index is -0.724. The van der Waals surface area contributed by atoms with Crippen molar-refractivity contribution in [2.45, 2.75) is 6.54 Å². The number of nitrogens with zero attached hydrogens (tertiary/aromatic N) is 1. The Morgan fingerprint density at radius 3 is 2.93 bits per heavy atom. The number of pyridine rings is 1. The second-order valence-corrected chi connectivity index (χ2v) is 2.73. The molecule has 0 bridgehead atoms. The van der Waals surface area contributed by atoms with Crippen molar-refractivity contribution in [3.8, 4) is 18.1 Å². The Balaban J connectivity index is 3.31. The highest BCUT2D eigenvalue weighted by Crippen LogP contribution is 2.13. The fraction of sp³-hybridized carbons (Fsp3) is 0.200. The zero-order valence-electron chi connectivity index (χ0n) is 8.06. The van der Waals surface area contributed by atoms with Crippen molar-refractivity contribution < 1.29 is 14.6 Å². The van der Waals surface area contributed by atoms with Gasteiger partial charge in [0.2, 0.25) is 0 Å². The van der Waals surface area contributed by atoms with Crippen LogP contribution in [0.5, 0.6) is 5.75 Å². The lowest BCUT2D eigenvalue weighted by Crippen LogP contribution is -2.20. The molecule has 1 aromatic heterocycles. The molecule has 1 aromatic rings. The fourth-order valence-electron chi connectivity index (χ4n) is 1.05. The molecule has 78 valence electrons. The number of aromatic hydroxyl groups is 1. The van der Waals surface area contributed by atoms with Gasteiger partial charge in [-0.25, -0.2) is 4.79 Å². The average Bonchev–Trinajstić information content (AvgIpc) is 2.21. The highest BCUT2D eigenvalue weighted by atomic mass is 16.5. The summed E-state index contributed by atoms with van der Waals surface area (Å²) in [5.74, 6) is 1.12. The Hall–Kier alpha value is -2.22. The molecule has 0 aromatic carbocycles. The summed E-state index contributed by atoms with van der Waals surface area (Å²) in [6.07, 6.45) is 6.21. The number of methoxy groups -OCH3 is 1. The number of ether oxygens (including phenoxy) is 1. The van der Waals surface area contributed by atoms with Gasteiger partial charge >= 0.3 is 5.97 Å². The van der Waals surface area contributed by atoms with Gasteiger partial charge in [0.15, 0.2) is 0 Å². The van der Waals surface area contributed by atoms with E-state index in [2.05, 4.69) is 10.7 Å². The number of rotatable bonds is 2. The lowest BCUT2D eigenvalue weighted by atomic mass is 10.2. The SMILES string of the molecule is C#CCn1cc(C(=O)OC)c(O)cc1=O. The van der Waals surface area contributed by atoms with Crippen molar-refractivity contribution in [1.82, 2.24) is 4.57 Å². The number of hydrogen-bond acceptors (Lipinski definition) is 4. The Kier molecular flexibility index (Phi) is 3.13. The first kappa shape index (κ1) is 10.9. The first-order valence-corrected chi connectivity index (χ1v) is 4.05. The molecule has 0 unspecified atom stereocenters. The molecule has 0 fully saturated rings. The molecule has 15 heavy (non-hydrogen) atoms. The van der Waals surface area contributed by atoms with Gasteiger partial charge in [-0.05, 0) is 0 Å². The van der Waals surface area contributed by atoms with Crippen LogP contribution in [0.3, 0.4) is 0 Å². The molecule has 0 saturated carbocycles. The Morgan fingerprint density at radius 1 is 1.73 bits per heavy atom. The summed E-state index contributed by atoms with van der Waals surface area (Å²) in [5, 5.41) is 9.32. The number of carbonyl (C=O) groups is 1. The van der Waals surface area contributed by atoms with Gasteiger partial charge in [-0.1, -0.05) is 5.92 Å². The Labute approximate surface area is 85.9 Å². The molecular formula is C10H9NO4. The van der Waals surface area contributed by atoms with Crippen LogP contribution in [0.1, 0.15) is 10.4 Å². The molecule has 0 aliphatic rings. The summed E-state index contributed by atoms with van der Waals surface area (Å²) in [6.45, 7) is 0.0309. The minimum absolute atomic E-state index is 0.0309. The Bertz CT molecular complexity index is 481. The predicted molar refractivity (Wildman–Crippen MR) is 52.5 cm³/mol. The van der Waals surface area contributed by atoms with Crippen LogP contribution < -0.4 is 5.56 Å². The van der Waals surface area contributed by atoms with Gasteiger partial charge in [0, 0.05) is 12.3 Å². The van der Waals surface area contributed by atoms with E-state index in [9.17, 15) is 14.7 Å². The third-order valence-corrected chi connectivity index (χ3v) is 1.77. The highest BCUT2D eigenvalue weighted by Gasteiger charge is 2.13. The van der Waals surface area contributed by atoms with Gasteiger partial charge < -0.3 is 14.4 Å². The molecule has 0 atom stereocenters. The summed E-state index contributed by atoms with van der Waals surface area (Å²) < 4.78 is 5.56. The molecule has 1 N–H and O–H groups in total. The topological polar surface area (TPSA) is 68.5 Å². The minimum Gasteiger partial charge on any atom is -0.507 e. The predicted octanol–water partition coefficient (Wildman–Crippen LogP) is -0.0263. The fourth-order valence-corrected chi connectivity index (χ4v) is 1.05. The van der Waals surface area contributed by atoms with Crippen LogP contribution in [0.25, 0.3) is 0 Å². The van der Waals surface area contributed by atoms with Crippen LogP contribution in [0.2, 0.25) is 0 Å². The van der Waals surface area contributed by atoms with Gasteiger partial charge in [-0.2, -0.15) is 0 Å². The lowest BCUT2D eigenvalue weighted by molar-refractivity contribution is 0.0596. The zero-order valence-corrected chi connectivity index (χ0v) is 8.06. The highest BCUT2D eigenvalue weighted by molar-refractivity contribution is 5.91. The maximum Gasteiger partial charge on any atom is 0.343 e. The molecule has 0 radical (unpaired) electrons. The third-order valence-electron chi connectivity index (χ3n) is 1.77. The summed E-state index contributed by atoms with van der Waals surface area (Å²) in [6, 6.07) is 0.920. The van der Waals surface area contributed by atoms with Crippen LogP contribution in [-0.4, -0.2) is 22.8 Å². The smallest absolute Gasteiger partial charge is 0.343 e. The first-order chi connectivity index (χ1) is 7.10. The van der Waals surface area contributed by atoms with Crippen LogP contribution in [0.15, 0.2) is 17.1 Å². The van der Waals surface area contributed by atoms with Crippen molar-refractivity contribution in [3.63, 3.8) is 0 Å². The van der Waals surface area contributed by atoms with Crippen molar-refractivity contribution in [2.75, 3.05) is 7.11 Å². The maximum atomic E-state index is 11.2. The van der Waals surface area contributed by atoms with E-state index in [4.69, 9.17) is 6.42 Å². The molecule has 0 saturated heterocycles. The summed E-state index contributed by atoms with van der Waals surface area (Å²) in [7, 11) is 1.18. The van der Waals surface area contributed by atoms with E-state index in [0.717, 1.165) is 10.6 Å². The van der Waals surface area contributed by atoms with Gasteiger partial charge in [0.1, 0.15) is 11.3 Å². The van der Waals surface area contributed by atoms with E-state index in [1.807, 2.05) is 0 Å². The van der Waals surface area contributed by atoms with Crippen molar-refractivity contribution in [2.24, 2.45) is 0 Å². The molecule has 0 aliphatic carbocycles. The van der Waals surface area contributed by atoms with Gasteiger partial charge in [0.25, 0.3) is 5.56 Å². The van der Waals surface area contributed by atoms with E-state index in [-0.39, 0.29) is 12.1 Å². The van der Waals surface area contributed by atoms with Crippen molar-refractivity contribution in [3.05, 3.63) is 28.2 Å². The number of aromatic nitrogens is 1. The number of terminal acetylenes is 1. The molecule has 1 heterocycles. The normalized spacial score (nSPS) is 9.33. The molecule has 0 spiro atoms. The lowest BCUT2D eigenvalue weighted by Gasteiger charge is -2.05. The Morgan fingerprint density at radius 2 is 2.40 bits per heavy atom. The van der Waals surface area contributed by atoms with E-state index in [0.29, 0.717) is 0 Å². The van der Waals surface area contributed by atoms with E-state index < -0.39 is 17.3 Å². The summed E-state index contributed by atoms with van der Waals surface area (Å²) >= 11 is 0. The van der Waals surface area contributed by atoms with Crippen LogP contribution in [0, 0.1) is 12.3 Å². The van der Waals surface area contributed by atoms with Gasteiger partial charge in [-0.3, -0.25) is 4.79 Å². The largest absolute Gasteiger partial charge is 0.507 e. The van der Waals surface area contributed by atoms with Crippen LogP contribution in [-0.2, 0) is 11.3 Å². The molecule has 0 amide bonds. The summed E-state index contributed by atoms with van der Waals surface area (Å²) in [5.41, 5.74) is -0.564. The molecule has 5 heteroatoms. The average molecular weight is 207 g/mol. The molecule has 0 aliphatic heterocycles. The van der Waals surface area contributed by atoms with E-state index in [1.165, 1.54) is 13.3 Å². The number of carbonyl (C=O) groups excluding carboxylic acids is 1. The molecular weight excluding hydrogens is 198 g/mol. The molecule has 5 nitrogen and oxygen atoms in total. The second-order valence-electron chi connectivity index (χ2n) is 2.73. The zero-order chi connectivity index (χ0) is 11.4. The quantitative estimate of drug-likeness (QED) is 0.546. The van der Waals surface area contributed by atoms with Crippen LogP contribution in [0.4, 0.5) is 0 Å². The number of hydrogen-bond donors (Lipinski definition) is 1. The van der Waals surface area contributed by atoms with E-state index in [1.54, 1.807) is 0 Å². The third kappa shape index (κ3) is 2.17. The van der Waals surface area contributed by atoms with Crippen molar-refractivity contribution in [1.29, 1.82) is 0 Å². The maximum absolute atomic E-state index is 11.2. The molecule has 1 rings (SSSR count). The van der Waals surface area contributed by atoms with E-state index >= 15 is 0 Å². The van der Waals surface area contributed by atoms with Crippen LogP contribution >= 0.6 is 0 Å². The monoisotopic (exact) mass is 207 g/mol. The van der Waals surface area contributed by atoms with Gasteiger partial charge in [0.05, 0.1) is 13.7 Å². The second kappa shape index (κ2) is 4.33. The van der Waals surface area contributed by atoms with Gasteiger partial charge in [-0.15, -0.1) is 6.42 Å². The standard InChI is InChI=1S/C10H9NO4/c1-3-4-11-6-7(10(14)15-2)8(12)5-9(11)13/h1,5-6,12H,4H2,2H3. The summed E-state index contributed by atoms with van der Waals surface area (Å²) in [4.78, 5) is 22.4. The van der Waals surface area contributed by atoms with Crippen molar-refractivity contribution >= 4 is 5.97 Å². The number of esters is 1. The first-order valence-electron chi connectivity index (χ1n) is 4.05.